The van der Waals surface area contributed by atoms with E-state index in [1.807, 2.05) is 49.4 Å². The first-order chi connectivity index (χ1) is 16.7. The standard InChI is InChI=1S/C25H22N2O4.C2H4O2.Mn/c1-15-12-18(25(29)24(13-15)31-3)20-7-5-9-22(27-20)21-8-4-6-19(26-21)17-14-16(30-2)10-11-23(17)28;1-2(3)4;/h4-14,28-29H,1-3H3;1H3,(H,3,4);. The fourth-order valence-corrected chi connectivity index (χ4v) is 3.40. The van der Waals surface area contributed by atoms with E-state index >= 15 is 0 Å². The summed E-state index contributed by atoms with van der Waals surface area (Å²) in [5.41, 5.74) is 4.58. The Morgan fingerprint density at radius 3 is 1.83 bits per heavy atom. The Morgan fingerprint density at radius 2 is 1.31 bits per heavy atom. The van der Waals surface area contributed by atoms with Crippen LogP contribution in [-0.4, -0.2) is 45.5 Å². The van der Waals surface area contributed by atoms with Gasteiger partial charge in [0.15, 0.2) is 11.5 Å². The summed E-state index contributed by atoms with van der Waals surface area (Å²) >= 11 is 0. The Bertz CT molecular complexity index is 1360. The van der Waals surface area contributed by atoms with Gasteiger partial charge in [0.1, 0.15) is 11.5 Å². The van der Waals surface area contributed by atoms with Crippen molar-refractivity contribution in [1.82, 2.24) is 9.97 Å². The number of aliphatic carboxylic acids is 1. The average Bonchev–Trinajstić information content (AvgIpc) is 2.85. The summed E-state index contributed by atoms with van der Waals surface area (Å²) in [6, 6.07) is 19.7. The molecule has 4 rings (SSSR count). The van der Waals surface area contributed by atoms with E-state index in [2.05, 4.69) is 0 Å². The second kappa shape index (κ2) is 12.6. The van der Waals surface area contributed by atoms with E-state index in [0.717, 1.165) is 12.5 Å². The van der Waals surface area contributed by atoms with E-state index in [-0.39, 0.29) is 28.6 Å². The number of methoxy groups -OCH3 is 2. The van der Waals surface area contributed by atoms with Crippen LogP contribution in [0, 0.1) is 6.92 Å². The molecule has 3 N–H and O–H groups in total. The minimum absolute atomic E-state index is 0. The molecule has 0 atom stereocenters. The average molecular weight is 529 g/mol. The van der Waals surface area contributed by atoms with Crippen LogP contribution in [0.25, 0.3) is 33.9 Å². The topological polar surface area (TPSA) is 122 Å². The molecule has 0 amide bonds. The van der Waals surface area contributed by atoms with Crippen molar-refractivity contribution in [2.75, 3.05) is 14.2 Å². The number of pyridine rings is 2. The number of nitrogens with zero attached hydrogens (tertiary/aromatic N) is 2. The number of ether oxygens (including phenoxy) is 2. The summed E-state index contributed by atoms with van der Waals surface area (Å²) in [5.74, 6) is 0.351. The maximum absolute atomic E-state index is 10.6. The number of aromatic hydroxyl groups is 2. The molecule has 0 aliphatic carbocycles. The zero-order chi connectivity index (χ0) is 25.5. The van der Waals surface area contributed by atoms with E-state index in [1.54, 1.807) is 31.4 Å². The minimum atomic E-state index is -0.833. The molecule has 0 unspecified atom stereocenters. The third-order valence-corrected chi connectivity index (χ3v) is 4.96. The van der Waals surface area contributed by atoms with Gasteiger partial charge in [-0.3, -0.25) is 4.79 Å². The van der Waals surface area contributed by atoms with Crippen molar-refractivity contribution in [3.63, 3.8) is 0 Å². The van der Waals surface area contributed by atoms with Crippen LogP contribution in [0.1, 0.15) is 12.5 Å². The SMILES string of the molecule is CC(=O)O.COc1ccc(O)c(-c2cccc(-c3cccc(-c4cc(C)cc(OC)c4O)n3)n2)c1.[Mn]. The number of benzene rings is 2. The van der Waals surface area contributed by atoms with Crippen LogP contribution >= 0.6 is 0 Å². The van der Waals surface area contributed by atoms with Gasteiger partial charge in [0.05, 0.1) is 37.0 Å². The second-order valence-corrected chi connectivity index (χ2v) is 7.58. The molecule has 9 heteroatoms. The van der Waals surface area contributed by atoms with Crippen LogP contribution in [0.4, 0.5) is 0 Å². The van der Waals surface area contributed by atoms with Gasteiger partial charge in [-0.25, -0.2) is 9.97 Å². The number of carbonyl (C=O) groups is 1. The molecule has 0 spiro atoms. The summed E-state index contributed by atoms with van der Waals surface area (Å²) < 4.78 is 10.5. The minimum Gasteiger partial charge on any atom is -0.507 e. The predicted octanol–water partition coefficient (Wildman–Crippen LogP) is 5.30. The molecule has 8 nitrogen and oxygen atoms in total. The van der Waals surface area contributed by atoms with Crippen molar-refractivity contribution in [1.29, 1.82) is 0 Å². The molecule has 2 aromatic carbocycles. The fraction of sp³-hybridized carbons (Fsp3) is 0.148. The first-order valence-electron chi connectivity index (χ1n) is 10.6. The van der Waals surface area contributed by atoms with Crippen LogP contribution in [0.15, 0.2) is 66.7 Å². The van der Waals surface area contributed by atoms with E-state index in [0.29, 0.717) is 45.4 Å². The Balaban J connectivity index is 0.000000850. The van der Waals surface area contributed by atoms with Gasteiger partial charge in [-0.1, -0.05) is 12.1 Å². The van der Waals surface area contributed by atoms with Crippen molar-refractivity contribution in [2.24, 2.45) is 0 Å². The Kier molecular flexibility index (Phi) is 9.84. The molecule has 0 bridgehead atoms. The number of aryl methyl sites for hydroxylation is 1. The molecule has 0 saturated heterocycles. The molecule has 0 saturated carbocycles. The Labute approximate surface area is 219 Å². The number of hydrogen-bond acceptors (Lipinski definition) is 7. The second-order valence-electron chi connectivity index (χ2n) is 7.58. The van der Waals surface area contributed by atoms with E-state index < -0.39 is 5.97 Å². The van der Waals surface area contributed by atoms with Crippen LogP contribution in [0.5, 0.6) is 23.0 Å². The molecular formula is C27H26MnN2O6. The number of phenols is 2. The van der Waals surface area contributed by atoms with Crippen molar-refractivity contribution in [2.45, 2.75) is 13.8 Å². The van der Waals surface area contributed by atoms with Gasteiger partial charge in [0.25, 0.3) is 5.97 Å². The van der Waals surface area contributed by atoms with Crippen molar-refractivity contribution >= 4 is 5.97 Å². The van der Waals surface area contributed by atoms with Crippen molar-refractivity contribution in [3.8, 4) is 56.9 Å². The van der Waals surface area contributed by atoms with Gasteiger partial charge < -0.3 is 24.8 Å². The summed E-state index contributed by atoms with van der Waals surface area (Å²) in [6.45, 7) is 3.01. The summed E-state index contributed by atoms with van der Waals surface area (Å²) in [4.78, 5) is 18.4. The molecule has 4 aromatic rings. The van der Waals surface area contributed by atoms with E-state index in [4.69, 9.17) is 29.3 Å². The van der Waals surface area contributed by atoms with Gasteiger partial charge in [-0.2, -0.15) is 0 Å². The van der Waals surface area contributed by atoms with Crippen LogP contribution < -0.4 is 9.47 Å². The van der Waals surface area contributed by atoms with Gasteiger partial charge in [0.2, 0.25) is 0 Å². The van der Waals surface area contributed by atoms with Gasteiger partial charge in [0, 0.05) is 35.1 Å². The van der Waals surface area contributed by atoms with Gasteiger partial charge in [-0.15, -0.1) is 0 Å². The molecule has 2 aromatic heterocycles. The third-order valence-electron chi connectivity index (χ3n) is 4.96. The smallest absolute Gasteiger partial charge is 0.300 e. The summed E-state index contributed by atoms with van der Waals surface area (Å²) in [5, 5.41) is 28.3. The van der Waals surface area contributed by atoms with Crippen molar-refractivity contribution in [3.05, 3.63) is 72.3 Å². The Hall–Kier alpha value is -4.07. The van der Waals surface area contributed by atoms with Crippen LogP contribution in [-0.2, 0) is 21.9 Å². The molecule has 0 aliphatic rings. The number of rotatable bonds is 5. The number of hydrogen-bond donors (Lipinski definition) is 3. The number of carboxylic acids is 1. The van der Waals surface area contributed by atoms with Crippen molar-refractivity contribution < 1.29 is 46.7 Å². The maximum Gasteiger partial charge on any atom is 0.300 e. The zero-order valence-electron chi connectivity index (χ0n) is 20.2. The number of phenolic OH excluding ortho intramolecular Hbond substituents is 2. The molecule has 2 heterocycles. The van der Waals surface area contributed by atoms with E-state index in [9.17, 15) is 10.2 Å². The summed E-state index contributed by atoms with van der Waals surface area (Å²) in [6.07, 6.45) is 0. The number of carboxylic acid groups (broad SMARTS) is 1. The predicted molar refractivity (Wildman–Crippen MR) is 133 cm³/mol. The number of aromatic nitrogens is 2. The fourth-order valence-electron chi connectivity index (χ4n) is 3.40. The maximum atomic E-state index is 10.6. The molecule has 187 valence electrons. The molecule has 0 aliphatic heterocycles. The quantitative estimate of drug-likeness (QED) is 0.298. The van der Waals surface area contributed by atoms with Gasteiger partial charge in [-0.05, 0) is 67.1 Å². The molecular weight excluding hydrogens is 503 g/mol. The van der Waals surface area contributed by atoms with E-state index in [1.165, 1.54) is 7.11 Å². The summed E-state index contributed by atoms with van der Waals surface area (Å²) in [7, 11) is 3.09. The molecule has 0 fully saturated rings. The first kappa shape index (κ1) is 28.2. The normalized spacial score (nSPS) is 9.89. The largest absolute Gasteiger partial charge is 0.507 e. The first-order valence-corrected chi connectivity index (χ1v) is 10.6. The van der Waals surface area contributed by atoms with Gasteiger partial charge >= 0.3 is 0 Å². The van der Waals surface area contributed by atoms with Crippen LogP contribution in [0.2, 0.25) is 0 Å². The monoisotopic (exact) mass is 529 g/mol. The molecule has 1 radical (unpaired) electrons. The van der Waals surface area contributed by atoms with Crippen LogP contribution in [0.3, 0.4) is 0 Å². The zero-order valence-corrected chi connectivity index (χ0v) is 21.4. The Morgan fingerprint density at radius 1 is 0.778 bits per heavy atom. The third kappa shape index (κ3) is 6.75. The molecule has 36 heavy (non-hydrogen) atoms.